The molecular weight excluding hydrogens is 316 g/mol. The van der Waals surface area contributed by atoms with Crippen LogP contribution in [0.25, 0.3) is 0 Å². The summed E-state index contributed by atoms with van der Waals surface area (Å²) in [7, 11) is 0. The number of carbonyl (C=O) groups excluding carboxylic acids is 1. The Morgan fingerprint density at radius 3 is 2.60 bits per heavy atom. The minimum absolute atomic E-state index is 0.00491. The van der Waals surface area contributed by atoms with Crippen molar-refractivity contribution < 1.29 is 9.90 Å². The van der Waals surface area contributed by atoms with E-state index in [1.54, 1.807) is 4.90 Å². The molecule has 0 radical (unpaired) electrons. The zero-order valence-electron chi connectivity index (χ0n) is 15.2. The Morgan fingerprint density at radius 1 is 1.24 bits per heavy atom. The molecular formula is C19H30N4O2. The molecule has 2 fully saturated rings. The summed E-state index contributed by atoms with van der Waals surface area (Å²) < 4.78 is 0. The van der Waals surface area contributed by atoms with Crippen LogP contribution in [-0.4, -0.2) is 53.3 Å². The number of hydrogen-bond donors (Lipinski definition) is 2. The third-order valence-corrected chi connectivity index (χ3v) is 5.36. The monoisotopic (exact) mass is 346 g/mol. The van der Waals surface area contributed by atoms with Gasteiger partial charge in [0.25, 0.3) is 0 Å². The standard InChI is InChI=1S/C19H30N4O2/c1-15-17(9-10-18(20-15)22-11-5-6-12-22)21-19(25)23(13-14-24)16-7-3-2-4-8-16/h9-10,16,24H,2-8,11-14H2,1H3,(H,21,25). The summed E-state index contributed by atoms with van der Waals surface area (Å²) in [5.41, 5.74) is 1.59. The van der Waals surface area contributed by atoms with Crippen molar-refractivity contribution in [3.05, 3.63) is 17.8 Å². The largest absolute Gasteiger partial charge is 0.395 e. The number of aliphatic hydroxyl groups is 1. The SMILES string of the molecule is Cc1nc(N2CCCC2)ccc1NC(=O)N(CCO)C1CCCCC1. The van der Waals surface area contributed by atoms with Gasteiger partial charge in [-0.05, 0) is 44.7 Å². The fourth-order valence-corrected chi connectivity index (χ4v) is 3.94. The number of amides is 2. The molecule has 1 aromatic heterocycles. The number of rotatable bonds is 5. The van der Waals surface area contributed by atoms with E-state index in [9.17, 15) is 9.90 Å². The van der Waals surface area contributed by atoms with Crippen LogP contribution >= 0.6 is 0 Å². The van der Waals surface area contributed by atoms with Crippen LogP contribution in [0, 0.1) is 6.92 Å². The number of pyridine rings is 1. The number of hydrogen-bond acceptors (Lipinski definition) is 4. The van der Waals surface area contributed by atoms with E-state index in [1.807, 2.05) is 19.1 Å². The van der Waals surface area contributed by atoms with E-state index in [0.717, 1.165) is 56.0 Å². The van der Waals surface area contributed by atoms with E-state index in [-0.39, 0.29) is 18.7 Å². The molecule has 0 unspecified atom stereocenters. The Labute approximate surface area is 150 Å². The molecule has 2 N–H and O–H groups in total. The van der Waals surface area contributed by atoms with Crippen LogP contribution in [-0.2, 0) is 0 Å². The minimum Gasteiger partial charge on any atom is -0.395 e. The molecule has 1 saturated carbocycles. The second kappa shape index (κ2) is 8.52. The van der Waals surface area contributed by atoms with E-state index in [0.29, 0.717) is 6.54 Å². The highest BCUT2D eigenvalue weighted by atomic mass is 16.3. The third-order valence-electron chi connectivity index (χ3n) is 5.36. The Bertz CT molecular complexity index is 581. The first-order chi connectivity index (χ1) is 12.2. The highest BCUT2D eigenvalue weighted by Crippen LogP contribution is 2.25. The number of urea groups is 1. The molecule has 2 heterocycles. The highest BCUT2D eigenvalue weighted by Gasteiger charge is 2.25. The maximum atomic E-state index is 12.8. The van der Waals surface area contributed by atoms with E-state index < -0.39 is 0 Å². The predicted molar refractivity (Wildman–Crippen MR) is 100 cm³/mol. The van der Waals surface area contributed by atoms with Crippen LogP contribution in [0.2, 0.25) is 0 Å². The fraction of sp³-hybridized carbons (Fsp3) is 0.684. The van der Waals surface area contributed by atoms with Gasteiger partial charge in [0.15, 0.2) is 0 Å². The summed E-state index contributed by atoms with van der Waals surface area (Å²) in [6.07, 6.45) is 8.05. The van der Waals surface area contributed by atoms with Gasteiger partial charge >= 0.3 is 6.03 Å². The Hall–Kier alpha value is -1.82. The van der Waals surface area contributed by atoms with Crippen molar-refractivity contribution in [2.75, 3.05) is 36.5 Å². The second-order valence-corrected chi connectivity index (χ2v) is 7.14. The molecule has 0 aromatic carbocycles. The quantitative estimate of drug-likeness (QED) is 0.859. The lowest BCUT2D eigenvalue weighted by Crippen LogP contribution is -2.45. The molecule has 0 atom stereocenters. The molecule has 1 saturated heterocycles. The lowest BCUT2D eigenvalue weighted by atomic mass is 9.94. The summed E-state index contributed by atoms with van der Waals surface area (Å²) in [6, 6.07) is 4.05. The van der Waals surface area contributed by atoms with Gasteiger partial charge in [-0.3, -0.25) is 0 Å². The van der Waals surface area contributed by atoms with Crippen molar-refractivity contribution in [1.29, 1.82) is 0 Å². The smallest absolute Gasteiger partial charge is 0.322 e. The van der Waals surface area contributed by atoms with Gasteiger partial charge in [0.2, 0.25) is 0 Å². The number of aryl methyl sites for hydroxylation is 1. The van der Waals surface area contributed by atoms with Crippen molar-refractivity contribution in [1.82, 2.24) is 9.88 Å². The molecule has 6 heteroatoms. The molecule has 2 aliphatic rings. The van der Waals surface area contributed by atoms with Crippen LogP contribution in [0.15, 0.2) is 12.1 Å². The molecule has 0 spiro atoms. The van der Waals surface area contributed by atoms with E-state index >= 15 is 0 Å². The summed E-state index contributed by atoms with van der Waals surface area (Å²) in [6.45, 7) is 4.43. The number of anilines is 2. The van der Waals surface area contributed by atoms with Crippen molar-refractivity contribution in [3.8, 4) is 0 Å². The zero-order valence-corrected chi connectivity index (χ0v) is 15.2. The van der Waals surface area contributed by atoms with E-state index in [4.69, 9.17) is 0 Å². The first kappa shape index (κ1) is 18.0. The van der Waals surface area contributed by atoms with Gasteiger partial charge in [-0.15, -0.1) is 0 Å². The normalized spacial score (nSPS) is 18.4. The van der Waals surface area contributed by atoms with Gasteiger partial charge in [-0.2, -0.15) is 0 Å². The van der Waals surface area contributed by atoms with Crippen LogP contribution < -0.4 is 10.2 Å². The van der Waals surface area contributed by atoms with Gasteiger partial charge in [-0.1, -0.05) is 19.3 Å². The minimum atomic E-state index is -0.125. The zero-order chi connectivity index (χ0) is 17.6. The Balaban J connectivity index is 1.67. The van der Waals surface area contributed by atoms with Crippen molar-refractivity contribution in [2.24, 2.45) is 0 Å². The number of nitrogens with one attached hydrogen (secondary N) is 1. The molecule has 6 nitrogen and oxygen atoms in total. The average molecular weight is 346 g/mol. The van der Waals surface area contributed by atoms with E-state index in [2.05, 4.69) is 15.2 Å². The van der Waals surface area contributed by atoms with Crippen molar-refractivity contribution in [3.63, 3.8) is 0 Å². The van der Waals surface area contributed by atoms with Crippen LogP contribution in [0.3, 0.4) is 0 Å². The second-order valence-electron chi connectivity index (χ2n) is 7.14. The number of aromatic nitrogens is 1. The molecule has 0 bridgehead atoms. The van der Waals surface area contributed by atoms with Gasteiger partial charge in [0, 0.05) is 25.7 Å². The summed E-state index contributed by atoms with van der Waals surface area (Å²) in [4.78, 5) is 21.5. The summed E-state index contributed by atoms with van der Waals surface area (Å²) in [5, 5.41) is 12.4. The maximum absolute atomic E-state index is 12.8. The lowest BCUT2D eigenvalue weighted by molar-refractivity contribution is 0.144. The average Bonchev–Trinajstić information content (AvgIpc) is 3.16. The van der Waals surface area contributed by atoms with Crippen LogP contribution in [0.4, 0.5) is 16.3 Å². The lowest BCUT2D eigenvalue weighted by Gasteiger charge is -2.34. The summed E-state index contributed by atoms with van der Waals surface area (Å²) >= 11 is 0. The van der Waals surface area contributed by atoms with Crippen molar-refractivity contribution >= 4 is 17.5 Å². The molecule has 1 aliphatic heterocycles. The van der Waals surface area contributed by atoms with Crippen LogP contribution in [0.1, 0.15) is 50.6 Å². The molecule has 25 heavy (non-hydrogen) atoms. The van der Waals surface area contributed by atoms with Gasteiger partial charge < -0.3 is 20.2 Å². The van der Waals surface area contributed by atoms with Gasteiger partial charge in [0.05, 0.1) is 18.0 Å². The third kappa shape index (κ3) is 4.42. The van der Waals surface area contributed by atoms with Crippen LogP contribution in [0.5, 0.6) is 0 Å². The van der Waals surface area contributed by atoms with Gasteiger partial charge in [-0.25, -0.2) is 9.78 Å². The molecule has 1 aliphatic carbocycles. The maximum Gasteiger partial charge on any atom is 0.322 e. The number of carbonyl (C=O) groups is 1. The van der Waals surface area contributed by atoms with E-state index in [1.165, 1.54) is 19.3 Å². The fourth-order valence-electron chi connectivity index (χ4n) is 3.94. The Morgan fingerprint density at radius 2 is 1.96 bits per heavy atom. The van der Waals surface area contributed by atoms with Gasteiger partial charge in [0.1, 0.15) is 5.82 Å². The summed E-state index contributed by atoms with van der Waals surface area (Å²) in [5.74, 6) is 0.993. The molecule has 2 amide bonds. The van der Waals surface area contributed by atoms with Crippen molar-refractivity contribution in [2.45, 2.75) is 57.9 Å². The number of aliphatic hydroxyl groups excluding tert-OH is 1. The molecule has 1 aromatic rings. The number of nitrogens with zero attached hydrogens (tertiary/aromatic N) is 3. The molecule has 138 valence electrons. The first-order valence-electron chi connectivity index (χ1n) is 9.60. The highest BCUT2D eigenvalue weighted by molar-refractivity contribution is 5.90. The Kier molecular flexibility index (Phi) is 6.13. The first-order valence-corrected chi connectivity index (χ1v) is 9.60. The molecule has 3 rings (SSSR count). The topological polar surface area (TPSA) is 68.7 Å². The predicted octanol–water partition coefficient (Wildman–Crippen LogP) is 3.15.